The lowest BCUT2D eigenvalue weighted by atomic mass is 10.0. The highest BCUT2D eigenvalue weighted by molar-refractivity contribution is 9.10. The van der Waals surface area contributed by atoms with Crippen molar-refractivity contribution in [3.8, 4) is 5.75 Å². The van der Waals surface area contributed by atoms with Gasteiger partial charge in [-0.2, -0.15) is 14.9 Å². The molecule has 3 rings (SSSR count). The lowest BCUT2D eigenvalue weighted by Gasteiger charge is -2.06. The van der Waals surface area contributed by atoms with E-state index in [1.165, 1.54) is 12.3 Å². The first-order valence-electron chi connectivity index (χ1n) is 7.75. The third-order valence-electron chi connectivity index (χ3n) is 3.80. The number of halogens is 1. The molecule has 2 aromatic carbocycles. The van der Waals surface area contributed by atoms with Crippen LogP contribution in [0.5, 0.6) is 5.75 Å². The minimum Gasteiger partial charge on any atom is -0.507 e. The van der Waals surface area contributed by atoms with Crippen molar-refractivity contribution in [1.82, 2.24) is 14.9 Å². The van der Waals surface area contributed by atoms with Gasteiger partial charge in [-0.3, -0.25) is 14.7 Å². The average molecular weight is 449 g/mol. The minimum absolute atomic E-state index is 0.00308. The van der Waals surface area contributed by atoms with Gasteiger partial charge in [0.25, 0.3) is 5.56 Å². The summed E-state index contributed by atoms with van der Waals surface area (Å²) >= 11 is 8.44. The van der Waals surface area contributed by atoms with Crippen molar-refractivity contribution in [3.63, 3.8) is 0 Å². The summed E-state index contributed by atoms with van der Waals surface area (Å²) < 4.78 is 1.76. The quantitative estimate of drug-likeness (QED) is 0.407. The molecule has 0 fully saturated rings. The molecule has 138 valence electrons. The van der Waals surface area contributed by atoms with Crippen LogP contribution in [0.25, 0.3) is 10.8 Å². The van der Waals surface area contributed by atoms with Crippen LogP contribution in [0.15, 0.2) is 44.7 Å². The molecule has 27 heavy (non-hydrogen) atoms. The van der Waals surface area contributed by atoms with E-state index in [0.717, 1.165) is 19.9 Å². The summed E-state index contributed by atoms with van der Waals surface area (Å²) in [5.41, 5.74) is -0.182. The first-order chi connectivity index (χ1) is 12.9. The molecule has 0 unspecified atom stereocenters. The minimum atomic E-state index is -1.04. The zero-order chi connectivity index (χ0) is 19.6. The zero-order valence-electron chi connectivity index (χ0n) is 13.7. The number of hydrogen-bond donors (Lipinski definition) is 3. The van der Waals surface area contributed by atoms with Gasteiger partial charge in [-0.05, 0) is 41.2 Å². The molecule has 3 aromatic rings. The van der Waals surface area contributed by atoms with Gasteiger partial charge < -0.3 is 10.2 Å². The summed E-state index contributed by atoms with van der Waals surface area (Å²) in [5.74, 6) is -1.04. The molecule has 0 aliphatic rings. The Kier molecular flexibility index (Phi) is 5.47. The summed E-state index contributed by atoms with van der Waals surface area (Å²) in [6.45, 7) is 0. The molecular formula is C17H13BrN4O4S. The van der Waals surface area contributed by atoms with Gasteiger partial charge in [0.15, 0.2) is 0 Å². The molecule has 0 spiro atoms. The highest BCUT2D eigenvalue weighted by atomic mass is 79.9. The van der Waals surface area contributed by atoms with Gasteiger partial charge >= 0.3 is 5.97 Å². The summed E-state index contributed by atoms with van der Waals surface area (Å²) in [6.07, 6.45) is 1.04. The zero-order valence-corrected chi connectivity index (χ0v) is 16.1. The molecular weight excluding hydrogens is 436 g/mol. The second kappa shape index (κ2) is 7.80. The fraction of sp³-hybridized carbons (Fsp3) is 0.118. The third-order valence-corrected chi connectivity index (χ3v) is 4.55. The van der Waals surface area contributed by atoms with Crippen LogP contribution in [-0.2, 0) is 11.2 Å². The molecule has 0 bridgehead atoms. The number of hydrogen-bond acceptors (Lipinski definition) is 6. The van der Waals surface area contributed by atoms with Crippen molar-refractivity contribution in [1.29, 1.82) is 0 Å². The number of aromatic amines is 1. The van der Waals surface area contributed by atoms with E-state index in [4.69, 9.17) is 17.3 Å². The maximum absolute atomic E-state index is 12.5. The van der Waals surface area contributed by atoms with Crippen LogP contribution in [0.4, 0.5) is 0 Å². The van der Waals surface area contributed by atoms with E-state index >= 15 is 0 Å². The molecule has 0 aliphatic carbocycles. The van der Waals surface area contributed by atoms with Gasteiger partial charge in [0.2, 0.25) is 4.77 Å². The monoisotopic (exact) mass is 448 g/mol. The van der Waals surface area contributed by atoms with E-state index in [1.807, 2.05) is 18.2 Å². The van der Waals surface area contributed by atoms with Gasteiger partial charge in [-0.1, -0.05) is 28.1 Å². The summed E-state index contributed by atoms with van der Waals surface area (Å²) in [7, 11) is 0. The number of carboxylic acids is 1. The van der Waals surface area contributed by atoms with Crippen LogP contribution in [0, 0.1) is 4.77 Å². The Bertz CT molecular complexity index is 1190. The topological polar surface area (TPSA) is 121 Å². The number of aryl methyl sites for hydroxylation is 1. The Labute approximate surface area is 165 Å². The number of phenols is 1. The van der Waals surface area contributed by atoms with Crippen molar-refractivity contribution in [2.45, 2.75) is 12.8 Å². The number of fused-ring (bicyclic) bond motifs is 1. The molecule has 10 heteroatoms. The fourth-order valence-corrected chi connectivity index (χ4v) is 3.04. The van der Waals surface area contributed by atoms with E-state index in [9.17, 15) is 14.7 Å². The van der Waals surface area contributed by atoms with Gasteiger partial charge in [-0.25, -0.2) is 0 Å². The number of phenolic OH excluding ortho intramolecular Hbond substituents is 1. The molecule has 0 saturated carbocycles. The second-order valence-electron chi connectivity index (χ2n) is 5.59. The van der Waals surface area contributed by atoms with Crippen molar-refractivity contribution in [3.05, 3.63) is 61.2 Å². The lowest BCUT2D eigenvalue weighted by molar-refractivity contribution is -0.136. The van der Waals surface area contributed by atoms with Crippen molar-refractivity contribution >= 4 is 51.1 Å². The number of carboxylic acid groups (broad SMARTS) is 1. The molecule has 1 heterocycles. The normalized spacial score (nSPS) is 11.3. The Morgan fingerprint density at radius 2 is 2.15 bits per heavy atom. The Hall–Kier alpha value is -2.85. The molecule has 0 amide bonds. The van der Waals surface area contributed by atoms with Crippen molar-refractivity contribution in [2.24, 2.45) is 5.10 Å². The standard InChI is InChI=1S/C17H13BrN4O4S/c18-10-2-3-11-9(7-10)1-5-14(23)12(11)8-19-22-16(26)13(4-6-15(24)25)20-21-17(22)27/h1-3,5,7-8,23H,4,6H2,(H,21,27)(H,24,25)/b19-8-. The number of nitrogens with zero attached hydrogens (tertiary/aromatic N) is 3. The summed E-state index contributed by atoms with van der Waals surface area (Å²) in [5, 5.41) is 30.9. The molecule has 0 radical (unpaired) electrons. The number of aliphatic carboxylic acids is 1. The highest BCUT2D eigenvalue weighted by Gasteiger charge is 2.10. The number of carbonyl (C=O) groups is 1. The highest BCUT2D eigenvalue weighted by Crippen LogP contribution is 2.28. The average Bonchev–Trinajstić information content (AvgIpc) is 2.62. The van der Waals surface area contributed by atoms with E-state index < -0.39 is 11.5 Å². The van der Waals surface area contributed by atoms with E-state index in [0.29, 0.717) is 5.56 Å². The molecule has 0 aliphatic heterocycles. The van der Waals surface area contributed by atoms with Gasteiger partial charge in [-0.15, -0.1) is 0 Å². The maximum Gasteiger partial charge on any atom is 0.303 e. The van der Waals surface area contributed by atoms with Crippen LogP contribution >= 0.6 is 28.1 Å². The summed E-state index contributed by atoms with van der Waals surface area (Å²) in [4.78, 5) is 23.2. The van der Waals surface area contributed by atoms with Crippen molar-refractivity contribution in [2.75, 3.05) is 0 Å². The predicted octanol–water partition coefficient (Wildman–Crippen LogP) is 2.82. The summed E-state index contributed by atoms with van der Waals surface area (Å²) in [6, 6.07) is 8.83. The third kappa shape index (κ3) is 4.12. The smallest absolute Gasteiger partial charge is 0.303 e. The number of H-pyrrole nitrogens is 1. The Morgan fingerprint density at radius 1 is 1.37 bits per heavy atom. The Balaban J connectivity index is 2.07. The van der Waals surface area contributed by atoms with Crippen LogP contribution in [-0.4, -0.2) is 37.3 Å². The predicted molar refractivity (Wildman–Crippen MR) is 106 cm³/mol. The number of aromatic nitrogens is 3. The Morgan fingerprint density at radius 3 is 2.89 bits per heavy atom. The number of rotatable bonds is 5. The molecule has 3 N–H and O–H groups in total. The number of aromatic hydroxyl groups is 1. The van der Waals surface area contributed by atoms with E-state index in [1.54, 1.807) is 6.07 Å². The number of benzene rings is 2. The van der Waals surface area contributed by atoms with Gasteiger partial charge in [0.05, 0.1) is 12.6 Å². The first kappa shape index (κ1) is 18.9. The first-order valence-corrected chi connectivity index (χ1v) is 8.95. The largest absolute Gasteiger partial charge is 0.507 e. The van der Waals surface area contributed by atoms with E-state index in [2.05, 4.69) is 31.2 Å². The van der Waals surface area contributed by atoms with Crippen molar-refractivity contribution < 1.29 is 15.0 Å². The molecule has 8 nitrogen and oxygen atoms in total. The van der Waals surface area contributed by atoms with Crippen LogP contribution in [0.1, 0.15) is 17.7 Å². The second-order valence-corrected chi connectivity index (χ2v) is 6.90. The lowest BCUT2D eigenvalue weighted by Crippen LogP contribution is -2.25. The van der Waals surface area contributed by atoms with Crippen LogP contribution in [0.2, 0.25) is 0 Å². The molecule has 0 saturated heterocycles. The number of nitrogens with one attached hydrogen (secondary N) is 1. The van der Waals surface area contributed by atoms with Crippen LogP contribution in [0.3, 0.4) is 0 Å². The SMILES string of the molecule is O=C(O)CCc1n[nH]c(=S)n(/N=C\c2c(O)ccc3cc(Br)ccc23)c1=O. The maximum atomic E-state index is 12.5. The van der Waals surface area contributed by atoms with Crippen LogP contribution < -0.4 is 5.56 Å². The molecule has 1 aromatic heterocycles. The van der Waals surface area contributed by atoms with Gasteiger partial charge in [0, 0.05) is 16.5 Å². The fourth-order valence-electron chi connectivity index (χ4n) is 2.48. The van der Waals surface area contributed by atoms with Gasteiger partial charge in [0.1, 0.15) is 11.4 Å². The molecule has 0 atom stereocenters. The van der Waals surface area contributed by atoms with E-state index in [-0.39, 0.29) is 29.1 Å².